The van der Waals surface area contributed by atoms with Gasteiger partial charge in [-0.15, -0.1) is 0 Å². The minimum absolute atomic E-state index is 0.156. The van der Waals surface area contributed by atoms with Crippen LogP contribution in [-0.4, -0.2) is 35.8 Å². The summed E-state index contributed by atoms with van der Waals surface area (Å²) >= 11 is 0. The summed E-state index contributed by atoms with van der Waals surface area (Å²) in [6.45, 7) is 1.45. The van der Waals surface area contributed by atoms with Crippen molar-refractivity contribution in [2.75, 3.05) is 24.9 Å². The number of hydrogen-bond donors (Lipinski definition) is 2. The quantitative estimate of drug-likeness (QED) is 0.378. The van der Waals surface area contributed by atoms with Gasteiger partial charge in [-0.25, -0.2) is 4.68 Å². The molecule has 176 valence electrons. The zero-order valence-electron chi connectivity index (χ0n) is 19.6. The van der Waals surface area contributed by atoms with Crippen LogP contribution in [0.4, 0.5) is 11.4 Å². The van der Waals surface area contributed by atoms with Gasteiger partial charge in [0.15, 0.2) is 17.2 Å². The van der Waals surface area contributed by atoms with E-state index >= 15 is 0 Å². The van der Waals surface area contributed by atoms with Crippen molar-refractivity contribution in [1.29, 1.82) is 0 Å². The van der Waals surface area contributed by atoms with E-state index in [-0.39, 0.29) is 11.8 Å². The molecule has 0 spiro atoms. The van der Waals surface area contributed by atoms with Crippen molar-refractivity contribution in [1.82, 2.24) is 9.78 Å². The molecule has 0 fully saturated rings. The summed E-state index contributed by atoms with van der Waals surface area (Å²) in [4.78, 5) is 24.6. The van der Waals surface area contributed by atoms with Gasteiger partial charge < -0.3 is 20.1 Å². The molecule has 8 heteroatoms. The zero-order valence-corrected chi connectivity index (χ0v) is 19.6. The molecule has 1 heterocycles. The summed E-state index contributed by atoms with van der Waals surface area (Å²) in [7, 11) is 3.21. The van der Waals surface area contributed by atoms with Crippen molar-refractivity contribution in [3.05, 3.63) is 83.6 Å². The molecule has 8 nitrogen and oxygen atoms in total. The molecule has 0 bridgehead atoms. The minimum atomic E-state index is -0.310. The Kier molecular flexibility index (Phi) is 5.70. The Morgan fingerprint density at radius 1 is 0.886 bits per heavy atom. The van der Waals surface area contributed by atoms with Crippen molar-refractivity contribution in [3.8, 4) is 28.4 Å². The maximum atomic E-state index is 13.4. The van der Waals surface area contributed by atoms with E-state index in [0.717, 1.165) is 28.1 Å². The molecule has 2 N–H and O–H groups in total. The molecule has 3 aromatic carbocycles. The van der Waals surface area contributed by atoms with E-state index in [9.17, 15) is 9.59 Å². The topological polar surface area (TPSA) is 94.5 Å². The molecule has 0 atom stereocenters. The van der Waals surface area contributed by atoms with E-state index in [1.54, 1.807) is 38.5 Å². The number of nitrogens with zero attached hydrogens (tertiary/aromatic N) is 2. The Morgan fingerprint density at radius 3 is 2.14 bits per heavy atom. The standard InChI is InChI=1S/C27H24N4O4/c1-16(32)28-18-9-11-19(12-10-18)29-27(33)25-22-13-17-14-23(34-2)24(35-3)15-21(17)26(22)31(30-25)20-7-5-4-6-8-20/h4-12,14-15H,13H2,1-3H3,(H,28,32)(H,29,33). The smallest absolute Gasteiger partial charge is 0.276 e. The van der Waals surface area contributed by atoms with Crippen molar-refractivity contribution >= 4 is 23.2 Å². The van der Waals surface area contributed by atoms with Crippen molar-refractivity contribution in [2.24, 2.45) is 0 Å². The van der Waals surface area contributed by atoms with E-state index in [1.165, 1.54) is 6.92 Å². The fraction of sp³-hybridized carbons (Fsp3) is 0.148. The fourth-order valence-electron chi connectivity index (χ4n) is 4.34. The molecule has 35 heavy (non-hydrogen) atoms. The summed E-state index contributed by atoms with van der Waals surface area (Å²) in [5.41, 5.74) is 6.15. The van der Waals surface area contributed by atoms with Crippen LogP contribution in [0.5, 0.6) is 11.5 Å². The first kappa shape index (κ1) is 22.2. The molecular weight excluding hydrogens is 444 g/mol. The lowest BCUT2D eigenvalue weighted by Crippen LogP contribution is -2.15. The molecule has 0 radical (unpaired) electrons. The average Bonchev–Trinajstić information content (AvgIpc) is 3.41. The summed E-state index contributed by atoms with van der Waals surface area (Å²) in [5.74, 6) is 0.789. The molecule has 0 saturated heterocycles. The number of para-hydroxylation sites is 1. The van der Waals surface area contributed by atoms with Crippen molar-refractivity contribution in [2.45, 2.75) is 13.3 Å². The number of carbonyl (C=O) groups is 2. The largest absolute Gasteiger partial charge is 0.493 e. The lowest BCUT2D eigenvalue weighted by atomic mass is 10.1. The summed E-state index contributed by atoms with van der Waals surface area (Å²) < 4.78 is 12.8. The SMILES string of the molecule is COc1cc2c(cc1OC)-c1c(c(C(=O)Nc3ccc(NC(C)=O)cc3)nn1-c1ccccc1)C2. The second kappa shape index (κ2) is 8.98. The van der Waals surface area contributed by atoms with Gasteiger partial charge in [0.1, 0.15) is 0 Å². The lowest BCUT2D eigenvalue weighted by molar-refractivity contribution is -0.114. The number of ether oxygens (including phenoxy) is 2. The van der Waals surface area contributed by atoms with E-state index in [4.69, 9.17) is 14.6 Å². The number of nitrogens with one attached hydrogen (secondary N) is 2. The van der Waals surface area contributed by atoms with Crippen LogP contribution in [0.3, 0.4) is 0 Å². The second-order valence-electron chi connectivity index (χ2n) is 8.18. The number of benzene rings is 3. The Labute approximate surface area is 202 Å². The van der Waals surface area contributed by atoms with Gasteiger partial charge in [0.25, 0.3) is 5.91 Å². The molecule has 1 aliphatic carbocycles. The average molecular weight is 469 g/mol. The van der Waals surface area contributed by atoms with Crippen LogP contribution in [0.25, 0.3) is 16.9 Å². The van der Waals surface area contributed by atoms with Gasteiger partial charge in [0.05, 0.1) is 25.6 Å². The highest BCUT2D eigenvalue weighted by Gasteiger charge is 2.32. The van der Waals surface area contributed by atoms with E-state index in [0.29, 0.717) is 35.0 Å². The van der Waals surface area contributed by atoms with Gasteiger partial charge >= 0.3 is 0 Å². The Balaban J connectivity index is 1.55. The van der Waals surface area contributed by atoms with E-state index in [1.807, 2.05) is 47.1 Å². The number of anilines is 2. The summed E-state index contributed by atoms with van der Waals surface area (Å²) in [6.07, 6.45) is 0.544. The maximum Gasteiger partial charge on any atom is 0.276 e. The normalized spacial score (nSPS) is 11.4. The third-order valence-corrected chi connectivity index (χ3v) is 5.89. The van der Waals surface area contributed by atoms with E-state index < -0.39 is 0 Å². The van der Waals surface area contributed by atoms with Crippen LogP contribution in [0.2, 0.25) is 0 Å². The van der Waals surface area contributed by atoms with Crippen molar-refractivity contribution in [3.63, 3.8) is 0 Å². The summed E-state index contributed by atoms with van der Waals surface area (Å²) in [6, 6.07) is 20.5. The summed E-state index contributed by atoms with van der Waals surface area (Å²) in [5, 5.41) is 10.4. The number of rotatable bonds is 6. The van der Waals surface area contributed by atoms with E-state index in [2.05, 4.69) is 10.6 Å². The molecule has 2 amide bonds. The predicted molar refractivity (Wildman–Crippen MR) is 134 cm³/mol. The molecule has 0 unspecified atom stereocenters. The highest BCUT2D eigenvalue weighted by Crippen LogP contribution is 2.44. The van der Waals surface area contributed by atoms with Crippen LogP contribution in [0.1, 0.15) is 28.5 Å². The van der Waals surface area contributed by atoms with Crippen molar-refractivity contribution < 1.29 is 19.1 Å². The van der Waals surface area contributed by atoms with Gasteiger partial charge in [0, 0.05) is 35.8 Å². The first-order valence-electron chi connectivity index (χ1n) is 11.1. The van der Waals surface area contributed by atoms with Crippen LogP contribution in [-0.2, 0) is 11.2 Å². The molecule has 5 rings (SSSR count). The molecule has 0 saturated carbocycles. The predicted octanol–water partition coefficient (Wildman–Crippen LogP) is 4.67. The van der Waals surface area contributed by atoms with Crippen LogP contribution < -0.4 is 20.1 Å². The first-order valence-corrected chi connectivity index (χ1v) is 11.1. The van der Waals surface area contributed by atoms with Crippen LogP contribution in [0, 0.1) is 0 Å². The third kappa shape index (κ3) is 4.10. The maximum absolute atomic E-state index is 13.4. The number of aromatic nitrogens is 2. The van der Waals surface area contributed by atoms with Crippen LogP contribution in [0.15, 0.2) is 66.7 Å². The Morgan fingerprint density at radius 2 is 1.51 bits per heavy atom. The van der Waals surface area contributed by atoms with Gasteiger partial charge in [0.2, 0.25) is 5.91 Å². The molecule has 1 aliphatic rings. The molecule has 0 aliphatic heterocycles. The highest BCUT2D eigenvalue weighted by molar-refractivity contribution is 6.06. The van der Waals surface area contributed by atoms with Gasteiger partial charge in [-0.2, -0.15) is 5.10 Å². The molecule has 4 aromatic rings. The van der Waals surface area contributed by atoms with Gasteiger partial charge in [-0.05, 0) is 54.1 Å². The zero-order chi connectivity index (χ0) is 24.5. The Bertz CT molecular complexity index is 1430. The molecule has 1 aromatic heterocycles. The number of carbonyl (C=O) groups excluding carboxylic acids is 2. The van der Waals surface area contributed by atoms with Gasteiger partial charge in [-0.1, -0.05) is 18.2 Å². The van der Waals surface area contributed by atoms with Crippen LogP contribution >= 0.6 is 0 Å². The highest BCUT2D eigenvalue weighted by atomic mass is 16.5. The monoisotopic (exact) mass is 468 g/mol. The minimum Gasteiger partial charge on any atom is -0.493 e. The Hall–Kier alpha value is -4.59. The fourth-order valence-corrected chi connectivity index (χ4v) is 4.34. The van der Waals surface area contributed by atoms with Gasteiger partial charge in [-0.3, -0.25) is 9.59 Å². The molecular formula is C27H24N4O4. The number of amides is 2. The number of methoxy groups -OCH3 is 2. The second-order valence-corrected chi connectivity index (χ2v) is 8.18. The first-order chi connectivity index (χ1) is 17.0. The lowest BCUT2D eigenvalue weighted by Gasteiger charge is -2.12. The number of hydrogen-bond acceptors (Lipinski definition) is 5. The number of fused-ring (bicyclic) bond motifs is 3. The third-order valence-electron chi connectivity index (χ3n) is 5.89.